The Labute approximate surface area is 177 Å². The van der Waals surface area contributed by atoms with Gasteiger partial charge in [-0.3, -0.25) is 4.98 Å². The summed E-state index contributed by atoms with van der Waals surface area (Å²) in [6, 6.07) is 22.5. The van der Waals surface area contributed by atoms with Crippen molar-refractivity contribution >= 4 is 28.4 Å². The molecule has 0 unspecified atom stereocenters. The Kier molecular flexibility index (Phi) is 5.64. The van der Waals surface area contributed by atoms with Gasteiger partial charge >= 0.3 is 0 Å². The number of anilines is 1. The fraction of sp³-hybridized carbons (Fsp3) is 0.115. The van der Waals surface area contributed by atoms with E-state index in [2.05, 4.69) is 54.9 Å². The number of pyridine rings is 1. The Morgan fingerprint density at radius 2 is 1.76 bits per heavy atom. The van der Waals surface area contributed by atoms with Crippen LogP contribution in [0.2, 0.25) is 5.02 Å². The van der Waals surface area contributed by atoms with Gasteiger partial charge < -0.3 is 4.90 Å². The molecule has 0 N–H and O–H groups in total. The third-order valence-corrected chi connectivity index (χ3v) is 5.67. The molecular weight excluding hydrogens is 376 g/mol. The van der Waals surface area contributed by atoms with Gasteiger partial charge in [-0.1, -0.05) is 66.7 Å². The van der Waals surface area contributed by atoms with E-state index in [9.17, 15) is 0 Å². The first kappa shape index (κ1) is 19.2. The average molecular weight is 399 g/mol. The van der Waals surface area contributed by atoms with Gasteiger partial charge in [0.25, 0.3) is 0 Å². The second-order valence-electron chi connectivity index (χ2n) is 7.05. The maximum atomic E-state index is 6.48. The number of allylic oxidation sites excluding steroid dienone is 5. The molecule has 1 aliphatic carbocycles. The van der Waals surface area contributed by atoms with Crippen LogP contribution in [0.3, 0.4) is 0 Å². The lowest BCUT2D eigenvalue weighted by molar-refractivity contribution is 0.859. The molecule has 3 heteroatoms. The fourth-order valence-electron chi connectivity index (χ4n) is 3.81. The Bertz CT molecular complexity index is 1100. The number of nitrogens with zero attached hydrogens (tertiary/aromatic N) is 2. The number of para-hydroxylation sites is 1. The van der Waals surface area contributed by atoms with E-state index in [0.717, 1.165) is 40.9 Å². The lowest BCUT2D eigenvalue weighted by Crippen LogP contribution is -2.21. The first-order valence-electron chi connectivity index (χ1n) is 9.74. The molecule has 2 aromatic carbocycles. The number of halogens is 1. The van der Waals surface area contributed by atoms with E-state index in [1.165, 1.54) is 11.3 Å². The second kappa shape index (κ2) is 8.50. The summed E-state index contributed by atoms with van der Waals surface area (Å²) in [5.74, 6) is 0. The number of aryl methyl sites for hydroxylation is 1. The minimum absolute atomic E-state index is 0.717. The van der Waals surface area contributed by atoms with Crippen molar-refractivity contribution in [3.8, 4) is 0 Å². The van der Waals surface area contributed by atoms with Gasteiger partial charge in [-0.25, -0.2) is 0 Å². The molecule has 0 atom stereocenters. The molecule has 2 nitrogen and oxygen atoms in total. The average Bonchev–Trinajstić information content (AvgIpc) is 2.78. The molecule has 0 saturated heterocycles. The van der Waals surface area contributed by atoms with Gasteiger partial charge in [-0.15, -0.1) is 0 Å². The number of aromatic nitrogens is 1. The van der Waals surface area contributed by atoms with Crippen molar-refractivity contribution in [1.82, 2.24) is 4.98 Å². The molecule has 4 rings (SSSR count). The van der Waals surface area contributed by atoms with Crippen LogP contribution >= 0.6 is 11.6 Å². The number of hydrogen-bond acceptors (Lipinski definition) is 2. The van der Waals surface area contributed by atoms with Crippen LogP contribution in [0.1, 0.15) is 23.2 Å². The second-order valence-corrected chi connectivity index (χ2v) is 7.46. The zero-order valence-electron chi connectivity index (χ0n) is 16.5. The minimum Gasteiger partial charge on any atom is -0.347 e. The van der Waals surface area contributed by atoms with Crippen molar-refractivity contribution in [3.63, 3.8) is 0 Å². The molecule has 0 radical (unpaired) electrons. The van der Waals surface area contributed by atoms with Crippen LogP contribution < -0.4 is 4.90 Å². The maximum absolute atomic E-state index is 6.48. The molecule has 0 amide bonds. The zero-order chi connectivity index (χ0) is 20.2. The van der Waals surface area contributed by atoms with Crippen LogP contribution in [0.25, 0.3) is 11.1 Å². The highest BCUT2D eigenvalue weighted by atomic mass is 35.5. The smallest absolute Gasteiger partial charge is 0.0751 e. The van der Waals surface area contributed by atoms with Crippen LogP contribution in [0.15, 0.2) is 97.4 Å². The predicted octanol–water partition coefficient (Wildman–Crippen LogP) is 6.80. The van der Waals surface area contributed by atoms with Gasteiger partial charge in [0.2, 0.25) is 0 Å². The topological polar surface area (TPSA) is 16.1 Å². The molecular formula is C26H23ClN2. The molecule has 1 heterocycles. The van der Waals surface area contributed by atoms with Crippen LogP contribution in [-0.2, 0) is 6.42 Å². The van der Waals surface area contributed by atoms with E-state index in [-0.39, 0.29) is 0 Å². The van der Waals surface area contributed by atoms with E-state index < -0.39 is 0 Å². The quantitative estimate of drug-likeness (QED) is 0.439. The normalized spacial score (nSPS) is 13.8. The van der Waals surface area contributed by atoms with Crippen LogP contribution in [0.5, 0.6) is 0 Å². The van der Waals surface area contributed by atoms with Gasteiger partial charge in [0.1, 0.15) is 0 Å². The molecule has 0 saturated carbocycles. The Hall–Kier alpha value is -3.10. The van der Waals surface area contributed by atoms with Crippen molar-refractivity contribution in [2.45, 2.75) is 12.8 Å². The SMILES string of the molecule is C=C/C(=C\C1=C(N(C)c2ccccc2)CCc2cccnc21)c1ccccc1Cl. The van der Waals surface area contributed by atoms with Gasteiger partial charge in [0, 0.05) is 40.8 Å². The van der Waals surface area contributed by atoms with Crippen LogP contribution in [-0.4, -0.2) is 12.0 Å². The number of benzene rings is 2. The predicted molar refractivity (Wildman–Crippen MR) is 124 cm³/mol. The summed E-state index contributed by atoms with van der Waals surface area (Å²) < 4.78 is 0. The highest BCUT2D eigenvalue weighted by Crippen LogP contribution is 2.37. The van der Waals surface area contributed by atoms with Gasteiger partial charge in [-0.05, 0) is 54.3 Å². The summed E-state index contributed by atoms with van der Waals surface area (Å²) in [5, 5.41) is 0.717. The molecule has 29 heavy (non-hydrogen) atoms. The van der Waals surface area contributed by atoms with E-state index in [0.29, 0.717) is 5.02 Å². The Balaban J connectivity index is 1.91. The third kappa shape index (κ3) is 3.90. The van der Waals surface area contributed by atoms with Crippen molar-refractivity contribution < 1.29 is 0 Å². The fourth-order valence-corrected chi connectivity index (χ4v) is 4.06. The van der Waals surface area contributed by atoms with Gasteiger partial charge in [0.05, 0.1) is 5.69 Å². The first-order valence-corrected chi connectivity index (χ1v) is 10.1. The Morgan fingerprint density at radius 1 is 1.00 bits per heavy atom. The number of rotatable bonds is 5. The lowest BCUT2D eigenvalue weighted by Gasteiger charge is -2.29. The van der Waals surface area contributed by atoms with E-state index in [4.69, 9.17) is 16.6 Å². The summed E-state index contributed by atoms with van der Waals surface area (Å²) in [6.45, 7) is 4.04. The Morgan fingerprint density at radius 3 is 2.52 bits per heavy atom. The molecule has 0 spiro atoms. The molecule has 0 aliphatic heterocycles. The number of fused-ring (bicyclic) bond motifs is 1. The molecule has 3 aromatic rings. The summed E-state index contributed by atoms with van der Waals surface area (Å²) in [6.07, 6.45) is 7.83. The van der Waals surface area contributed by atoms with Crippen molar-refractivity contribution in [2.75, 3.05) is 11.9 Å². The molecule has 0 bridgehead atoms. The molecule has 1 aliphatic rings. The van der Waals surface area contributed by atoms with Crippen molar-refractivity contribution in [1.29, 1.82) is 0 Å². The summed E-state index contributed by atoms with van der Waals surface area (Å²) in [4.78, 5) is 6.99. The molecule has 144 valence electrons. The third-order valence-electron chi connectivity index (χ3n) is 5.34. The van der Waals surface area contributed by atoms with Gasteiger partial charge in [-0.2, -0.15) is 0 Å². The number of hydrogen-bond donors (Lipinski definition) is 0. The van der Waals surface area contributed by atoms with E-state index in [1.807, 2.05) is 48.7 Å². The monoisotopic (exact) mass is 398 g/mol. The standard InChI is InChI=1S/C26H23ClN2/c1-3-19(22-13-7-8-14-24(22)27)18-23-25(29(2)21-11-5-4-6-12-21)16-15-20-10-9-17-28-26(20)23/h3-14,17-18H,1,15-16H2,2H3/b19-18+. The van der Waals surface area contributed by atoms with E-state index >= 15 is 0 Å². The highest BCUT2D eigenvalue weighted by molar-refractivity contribution is 6.32. The minimum atomic E-state index is 0.717. The summed E-state index contributed by atoms with van der Waals surface area (Å²) >= 11 is 6.48. The first-order chi connectivity index (χ1) is 14.2. The van der Waals surface area contributed by atoms with Crippen molar-refractivity contribution in [2.24, 2.45) is 0 Å². The lowest BCUT2D eigenvalue weighted by atomic mass is 9.89. The summed E-state index contributed by atoms with van der Waals surface area (Å²) in [5.41, 5.74) is 7.78. The highest BCUT2D eigenvalue weighted by Gasteiger charge is 2.22. The maximum Gasteiger partial charge on any atom is 0.0751 e. The summed E-state index contributed by atoms with van der Waals surface area (Å²) in [7, 11) is 2.12. The van der Waals surface area contributed by atoms with Gasteiger partial charge in [0.15, 0.2) is 0 Å². The molecule has 1 aromatic heterocycles. The molecule has 0 fully saturated rings. The largest absolute Gasteiger partial charge is 0.347 e. The van der Waals surface area contributed by atoms with Crippen LogP contribution in [0, 0.1) is 0 Å². The zero-order valence-corrected chi connectivity index (χ0v) is 17.2. The van der Waals surface area contributed by atoms with E-state index in [1.54, 1.807) is 0 Å². The van der Waals surface area contributed by atoms with Crippen LogP contribution in [0.4, 0.5) is 5.69 Å². The van der Waals surface area contributed by atoms with Crippen molar-refractivity contribution in [3.05, 3.63) is 119 Å².